The van der Waals surface area contributed by atoms with Crippen molar-refractivity contribution in [2.75, 3.05) is 23.4 Å². The standard InChI is InChI=1S/C20H24F2N5O4/c1-20(2,3)31-19(30)23-10-6-7-26(9-10)27(11-4-5-11)16-13(21)8-12-15(14(16)22)24-18(29)25-17(12)28/h8,10-11H,4-7,9H2,1-3H3,(H,23,30)(H,24,29)/t10-/m0/s1. The lowest BCUT2D eigenvalue weighted by atomic mass is 10.1. The fourth-order valence-electron chi connectivity index (χ4n) is 3.80. The second-order valence-electron chi connectivity index (χ2n) is 8.91. The number of nitrogens with zero attached hydrogens (tertiary/aromatic N) is 3. The zero-order chi connectivity index (χ0) is 22.5. The van der Waals surface area contributed by atoms with Crippen molar-refractivity contribution in [3.63, 3.8) is 0 Å². The molecule has 1 atom stereocenters. The third kappa shape index (κ3) is 4.41. The molecule has 1 saturated heterocycles. The first kappa shape index (κ1) is 21.3. The number of anilines is 2. The number of rotatable bonds is 4. The van der Waals surface area contributed by atoms with Gasteiger partial charge in [0.25, 0.3) is 5.91 Å². The number of alkyl carbamates (subject to hydrolysis) is 1. The van der Waals surface area contributed by atoms with Crippen LogP contribution in [0.5, 0.6) is 0 Å². The molecule has 2 N–H and O–H groups in total. The average molecular weight is 436 g/mol. The summed E-state index contributed by atoms with van der Waals surface area (Å²) in [6.45, 7) is 6.10. The summed E-state index contributed by atoms with van der Waals surface area (Å²) >= 11 is 0. The number of hydrazine groups is 1. The van der Waals surface area contributed by atoms with Gasteiger partial charge in [-0.25, -0.2) is 23.4 Å². The van der Waals surface area contributed by atoms with Crippen LogP contribution in [0.25, 0.3) is 0 Å². The van der Waals surface area contributed by atoms with E-state index in [1.165, 1.54) is 0 Å². The van der Waals surface area contributed by atoms with E-state index >= 15 is 4.39 Å². The van der Waals surface area contributed by atoms with Gasteiger partial charge in [-0.2, -0.15) is 5.32 Å². The second kappa shape index (κ2) is 7.63. The van der Waals surface area contributed by atoms with Gasteiger partial charge in [-0.1, -0.05) is 0 Å². The molecule has 0 unspecified atom stereocenters. The first-order chi connectivity index (χ1) is 14.5. The van der Waals surface area contributed by atoms with Crippen molar-refractivity contribution in [3.8, 4) is 0 Å². The number of hydrogen-bond acceptors (Lipinski definition) is 6. The Balaban J connectivity index is 1.57. The second-order valence-corrected chi connectivity index (χ2v) is 8.91. The van der Waals surface area contributed by atoms with Crippen LogP contribution >= 0.6 is 0 Å². The van der Waals surface area contributed by atoms with Gasteiger partial charge in [-0.15, -0.1) is 0 Å². The molecular formula is C20H24F2N5O4. The lowest BCUT2D eigenvalue weighted by Crippen LogP contribution is -2.47. The summed E-state index contributed by atoms with van der Waals surface area (Å²) in [6.07, 6.45) is 1.52. The van der Waals surface area contributed by atoms with Crippen LogP contribution in [0.2, 0.25) is 0 Å². The molecular weight excluding hydrogens is 412 g/mol. The van der Waals surface area contributed by atoms with E-state index in [4.69, 9.17) is 4.74 Å². The van der Waals surface area contributed by atoms with Crippen molar-refractivity contribution >= 4 is 29.4 Å². The Morgan fingerprint density at radius 3 is 2.65 bits per heavy atom. The van der Waals surface area contributed by atoms with Gasteiger partial charge in [0.15, 0.2) is 11.6 Å². The summed E-state index contributed by atoms with van der Waals surface area (Å²) in [4.78, 5) is 35.5. The third-order valence-electron chi connectivity index (χ3n) is 5.17. The maximum absolute atomic E-state index is 15.3. The van der Waals surface area contributed by atoms with Crippen LogP contribution in [-0.2, 0) is 4.74 Å². The molecule has 167 valence electrons. The van der Waals surface area contributed by atoms with Crippen molar-refractivity contribution in [2.45, 2.75) is 57.7 Å². The molecule has 1 aromatic rings. The minimum absolute atomic E-state index is 0.109. The predicted molar refractivity (Wildman–Crippen MR) is 107 cm³/mol. The quantitative estimate of drug-likeness (QED) is 0.752. The van der Waals surface area contributed by atoms with Crippen molar-refractivity contribution in [2.24, 2.45) is 0 Å². The van der Waals surface area contributed by atoms with Gasteiger partial charge >= 0.3 is 12.1 Å². The lowest BCUT2D eigenvalue weighted by molar-refractivity contribution is 0.0505. The number of hydrogen-bond donors (Lipinski definition) is 2. The highest BCUT2D eigenvalue weighted by atomic mass is 19.1. The van der Waals surface area contributed by atoms with Crippen LogP contribution in [0.1, 0.15) is 50.4 Å². The van der Waals surface area contributed by atoms with Crippen LogP contribution in [-0.4, -0.2) is 53.8 Å². The zero-order valence-electron chi connectivity index (χ0n) is 17.5. The molecule has 0 spiro atoms. The Morgan fingerprint density at radius 2 is 2.00 bits per heavy atom. The maximum atomic E-state index is 15.3. The Morgan fingerprint density at radius 1 is 1.29 bits per heavy atom. The van der Waals surface area contributed by atoms with E-state index in [1.807, 2.05) is 0 Å². The van der Waals surface area contributed by atoms with Crippen LogP contribution < -0.4 is 21.0 Å². The number of carbonyl (C=O) groups excluding carboxylic acids is 3. The molecule has 1 aromatic carbocycles. The highest BCUT2D eigenvalue weighted by Crippen LogP contribution is 2.41. The molecule has 11 heteroatoms. The highest BCUT2D eigenvalue weighted by Gasteiger charge is 2.42. The minimum atomic E-state index is -1.01. The number of nitrogens with one attached hydrogen (secondary N) is 2. The fraction of sp³-hybridized carbons (Fsp3) is 0.550. The van der Waals surface area contributed by atoms with Crippen molar-refractivity contribution < 1.29 is 27.9 Å². The molecule has 1 aliphatic carbocycles. The number of fused-ring (bicyclic) bond motifs is 1. The normalized spacial score (nSPS) is 21.3. The average Bonchev–Trinajstić information content (AvgIpc) is 3.37. The molecule has 2 heterocycles. The molecule has 9 nitrogen and oxygen atoms in total. The Kier molecular flexibility index (Phi) is 5.24. The van der Waals surface area contributed by atoms with E-state index in [1.54, 1.807) is 30.8 Å². The van der Waals surface area contributed by atoms with E-state index in [0.717, 1.165) is 18.9 Å². The molecule has 1 radical (unpaired) electrons. The van der Waals surface area contributed by atoms with E-state index in [2.05, 4.69) is 16.0 Å². The SMILES string of the molecule is CC(C)(C)OC(=O)N[C@H]1CCN(N(c2c(F)cc3c(c2F)NC(=O)[N]C3=O)C2CC2)C1. The van der Waals surface area contributed by atoms with Gasteiger partial charge in [-0.3, -0.25) is 9.80 Å². The first-order valence-electron chi connectivity index (χ1n) is 10.2. The summed E-state index contributed by atoms with van der Waals surface area (Å²) in [5, 5.41) is 11.5. The topological polar surface area (TPSA) is 105 Å². The Labute approximate surface area is 178 Å². The molecule has 4 amide bonds. The lowest BCUT2D eigenvalue weighted by Gasteiger charge is -2.35. The maximum Gasteiger partial charge on any atom is 0.407 e. The van der Waals surface area contributed by atoms with Crippen LogP contribution in [0, 0.1) is 11.6 Å². The number of imide groups is 1. The molecule has 4 rings (SSSR count). The van der Waals surface area contributed by atoms with Crippen LogP contribution in [0.4, 0.5) is 29.7 Å². The third-order valence-corrected chi connectivity index (χ3v) is 5.17. The fourth-order valence-corrected chi connectivity index (χ4v) is 3.80. The highest BCUT2D eigenvalue weighted by molar-refractivity contribution is 6.16. The number of benzene rings is 1. The summed E-state index contributed by atoms with van der Waals surface area (Å²) in [6, 6.07) is -0.447. The van der Waals surface area contributed by atoms with Gasteiger partial charge in [-0.05, 0) is 46.1 Å². The number of carbonyl (C=O) groups is 3. The van der Waals surface area contributed by atoms with Gasteiger partial charge in [0.05, 0.1) is 11.3 Å². The van der Waals surface area contributed by atoms with Gasteiger partial charge in [0.2, 0.25) is 0 Å². The molecule has 0 bridgehead atoms. The molecule has 2 fully saturated rings. The van der Waals surface area contributed by atoms with Gasteiger partial charge < -0.3 is 15.4 Å². The number of halogens is 2. The number of ether oxygens (including phenoxy) is 1. The van der Waals surface area contributed by atoms with Crippen LogP contribution in [0.3, 0.4) is 0 Å². The van der Waals surface area contributed by atoms with Crippen molar-refractivity contribution in [3.05, 3.63) is 23.3 Å². The smallest absolute Gasteiger partial charge is 0.407 e. The Hall–Kier alpha value is -2.95. The number of amides is 4. The molecule has 0 aromatic heterocycles. The zero-order valence-corrected chi connectivity index (χ0v) is 17.5. The van der Waals surface area contributed by atoms with E-state index < -0.39 is 35.3 Å². The molecule has 31 heavy (non-hydrogen) atoms. The molecule has 1 saturated carbocycles. The molecule has 2 aliphatic heterocycles. The summed E-state index contributed by atoms with van der Waals surface area (Å²) in [7, 11) is 0. The monoisotopic (exact) mass is 436 g/mol. The minimum Gasteiger partial charge on any atom is -0.444 e. The summed E-state index contributed by atoms with van der Waals surface area (Å²) < 4.78 is 35.6. The van der Waals surface area contributed by atoms with Crippen LogP contribution in [0.15, 0.2) is 6.07 Å². The summed E-state index contributed by atoms with van der Waals surface area (Å²) in [5.41, 5.74) is -1.64. The largest absolute Gasteiger partial charge is 0.444 e. The number of urea groups is 1. The first-order valence-corrected chi connectivity index (χ1v) is 10.2. The van der Waals surface area contributed by atoms with Gasteiger partial charge in [0, 0.05) is 25.2 Å². The Bertz CT molecular complexity index is 944. The van der Waals surface area contributed by atoms with E-state index in [-0.39, 0.29) is 29.0 Å². The molecule has 3 aliphatic rings. The van der Waals surface area contributed by atoms with E-state index in [0.29, 0.717) is 19.5 Å². The summed E-state index contributed by atoms with van der Waals surface area (Å²) in [5.74, 6) is -2.91. The predicted octanol–water partition coefficient (Wildman–Crippen LogP) is 2.74. The van der Waals surface area contributed by atoms with Gasteiger partial charge in [0.1, 0.15) is 11.3 Å². The van der Waals surface area contributed by atoms with E-state index in [9.17, 15) is 18.8 Å². The van der Waals surface area contributed by atoms with Crippen molar-refractivity contribution in [1.82, 2.24) is 15.6 Å². The van der Waals surface area contributed by atoms with Crippen molar-refractivity contribution in [1.29, 1.82) is 0 Å².